The van der Waals surface area contributed by atoms with Gasteiger partial charge in [-0.1, -0.05) is 0 Å². The average Bonchev–Trinajstić information content (AvgIpc) is 2.63. The summed E-state index contributed by atoms with van der Waals surface area (Å²) in [5, 5.41) is 0. The fourth-order valence-electron chi connectivity index (χ4n) is 2.70. The fourth-order valence-corrected chi connectivity index (χ4v) is 6.44. The van der Waals surface area contributed by atoms with E-state index < -0.39 is 26.1 Å². The van der Waals surface area contributed by atoms with Crippen LogP contribution in [0.3, 0.4) is 0 Å². The van der Waals surface area contributed by atoms with Crippen molar-refractivity contribution < 1.29 is 7.25 Å². The standard InChI is InChI=1S/C17H22BrF2I/c1-14-6-8-16(9-7-14)21(20)13-15(18)12-17(19)10-4-2-3-5-11-17/h6-9,13H,2-5,10-12H2,1H3/b15-13+. The zero-order valence-electron chi connectivity index (χ0n) is 12.3. The van der Waals surface area contributed by atoms with Gasteiger partial charge in [-0.2, -0.15) is 0 Å². The fraction of sp³-hybridized carbons (Fsp3) is 0.529. The summed E-state index contributed by atoms with van der Waals surface area (Å²) in [5.41, 5.74) is -0.0111. The van der Waals surface area contributed by atoms with Crippen molar-refractivity contribution in [2.45, 2.75) is 57.5 Å². The molecule has 0 unspecified atom stereocenters. The Morgan fingerprint density at radius 1 is 1.19 bits per heavy atom. The molecule has 0 heterocycles. The minimum atomic E-state index is -2.81. The molecule has 1 aromatic carbocycles. The first-order chi connectivity index (χ1) is 9.98. The van der Waals surface area contributed by atoms with Crippen LogP contribution < -0.4 is 0 Å². The van der Waals surface area contributed by atoms with Crippen molar-refractivity contribution in [3.8, 4) is 0 Å². The van der Waals surface area contributed by atoms with Crippen LogP contribution in [0.1, 0.15) is 50.5 Å². The number of benzene rings is 1. The van der Waals surface area contributed by atoms with Gasteiger partial charge >= 0.3 is 143 Å². The summed E-state index contributed by atoms with van der Waals surface area (Å²) in [5.74, 6) is 0. The molecule has 2 rings (SSSR count). The summed E-state index contributed by atoms with van der Waals surface area (Å²) < 4.78 is 32.4. The summed E-state index contributed by atoms with van der Waals surface area (Å²) in [6, 6.07) is 7.58. The zero-order chi connectivity index (χ0) is 15.3. The van der Waals surface area contributed by atoms with E-state index >= 15 is 0 Å². The van der Waals surface area contributed by atoms with Crippen molar-refractivity contribution in [1.29, 1.82) is 0 Å². The monoisotopic (exact) mass is 470 g/mol. The Labute approximate surface area is 142 Å². The normalized spacial score (nSPS) is 20.0. The van der Waals surface area contributed by atoms with Gasteiger partial charge in [0.1, 0.15) is 0 Å². The van der Waals surface area contributed by atoms with E-state index in [1.165, 1.54) is 0 Å². The van der Waals surface area contributed by atoms with Gasteiger partial charge in [-0.05, 0) is 0 Å². The predicted octanol–water partition coefficient (Wildman–Crippen LogP) is 7.24. The van der Waals surface area contributed by atoms with Gasteiger partial charge in [-0.25, -0.2) is 0 Å². The van der Waals surface area contributed by atoms with Crippen molar-refractivity contribution >= 4 is 36.3 Å². The minimum absolute atomic E-state index is 0.330. The van der Waals surface area contributed by atoms with Crippen molar-refractivity contribution in [2.24, 2.45) is 0 Å². The van der Waals surface area contributed by atoms with E-state index in [4.69, 9.17) is 0 Å². The molecule has 0 spiro atoms. The van der Waals surface area contributed by atoms with E-state index in [2.05, 4.69) is 15.9 Å². The molecule has 0 nitrogen and oxygen atoms in total. The first kappa shape index (κ1) is 17.4. The second-order valence-corrected chi connectivity index (χ2v) is 10.2. The predicted molar refractivity (Wildman–Crippen MR) is 98.2 cm³/mol. The molecule has 0 aliphatic heterocycles. The third-order valence-electron chi connectivity index (χ3n) is 3.92. The van der Waals surface area contributed by atoms with Crippen molar-refractivity contribution in [1.82, 2.24) is 0 Å². The van der Waals surface area contributed by atoms with Gasteiger partial charge in [0.15, 0.2) is 0 Å². The van der Waals surface area contributed by atoms with Crippen LogP contribution in [0.5, 0.6) is 0 Å². The number of allylic oxidation sites excluding steroid dienone is 1. The first-order valence-corrected chi connectivity index (χ1v) is 11.4. The quantitative estimate of drug-likeness (QED) is 0.321. The molecule has 4 heteroatoms. The maximum absolute atomic E-state index is 14.8. The van der Waals surface area contributed by atoms with Crippen LogP contribution in [0.2, 0.25) is 0 Å². The number of aryl methyl sites for hydroxylation is 1. The Morgan fingerprint density at radius 3 is 2.33 bits per heavy atom. The molecular formula is C17H22BrF2I. The molecule has 0 saturated heterocycles. The second kappa shape index (κ2) is 8.04. The maximum atomic E-state index is 14.8. The number of rotatable bonds is 4. The molecule has 21 heavy (non-hydrogen) atoms. The summed E-state index contributed by atoms with van der Waals surface area (Å²) in [6.07, 6.45) is 5.70. The van der Waals surface area contributed by atoms with Crippen LogP contribution in [-0.2, 0) is 0 Å². The Hall–Kier alpha value is 0.0300. The molecular weight excluding hydrogens is 449 g/mol. The molecule has 118 valence electrons. The molecule has 0 amide bonds. The third-order valence-corrected chi connectivity index (χ3v) is 8.49. The summed E-state index contributed by atoms with van der Waals surface area (Å²) in [7, 11) is 0. The Kier molecular flexibility index (Phi) is 6.66. The Balaban J connectivity index is 2.00. The second-order valence-electron chi connectivity index (χ2n) is 5.86. The SMILES string of the molecule is Cc1ccc(I(F)/C=C(/Br)CC2(F)CCCCCC2)cc1. The summed E-state index contributed by atoms with van der Waals surface area (Å²) >= 11 is 0.594. The molecule has 0 atom stereocenters. The molecule has 0 radical (unpaired) electrons. The summed E-state index contributed by atoms with van der Waals surface area (Å²) in [4.78, 5) is 0. The summed E-state index contributed by atoms with van der Waals surface area (Å²) in [6.45, 7) is 1.99. The average molecular weight is 471 g/mol. The van der Waals surface area contributed by atoms with Crippen LogP contribution in [0.15, 0.2) is 32.8 Å². The molecule has 0 bridgehead atoms. The third kappa shape index (κ3) is 5.62. The van der Waals surface area contributed by atoms with Crippen LogP contribution in [0, 0.1) is 10.5 Å². The van der Waals surface area contributed by atoms with Crippen molar-refractivity contribution in [3.05, 3.63) is 42.0 Å². The number of halogens is 4. The van der Waals surface area contributed by atoms with Crippen LogP contribution in [-0.4, -0.2) is 5.67 Å². The molecule has 1 fully saturated rings. The molecule has 1 saturated carbocycles. The molecule has 0 N–H and O–H groups in total. The van der Waals surface area contributed by atoms with Crippen LogP contribution in [0.4, 0.5) is 7.25 Å². The van der Waals surface area contributed by atoms with Gasteiger partial charge in [0.25, 0.3) is 0 Å². The van der Waals surface area contributed by atoms with Gasteiger partial charge < -0.3 is 0 Å². The molecule has 0 aromatic heterocycles. The molecule has 1 aromatic rings. The van der Waals surface area contributed by atoms with Gasteiger partial charge in [-0.3, -0.25) is 0 Å². The first-order valence-electron chi connectivity index (χ1n) is 7.45. The van der Waals surface area contributed by atoms with Gasteiger partial charge in [-0.15, -0.1) is 0 Å². The zero-order valence-corrected chi connectivity index (χ0v) is 16.1. The van der Waals surface area contributed by atoms with Gasteiger partial charge in [0.2, 0.25) is 0 Å². The van der Waals surface area contributed by atoms with E-state index in [0.717, 1.165) is 34.8 Å². The van der Waals surface area contributed by atoms with E-state index in [0.29, 0.717) is 23.7 Å². The van der Waals surface area contributed by atoms with Crippen LogP contribution in [0.25, 0.3) is 0 Å². The molecule has 1 aliphatic carbocycles. The van der Waals surface area contributed by atoms with Gasteiger partial charge in [0.05, 0.1) is 0 Å². The van der Waals surface area contributed by atoms with Gasteiger partial charge in [0, 0.05) is 0 Å². The van der Waals surface area contributed by atoms with E-state index in [9.17, 15) is 7.25 Å². The molecule has 1 aliphatic rings. The number of hydrogen-bond donors (Lipinski definition) is 0. The Bertz CT molecular complexity index is 476. The van der Waals surface area contributed by atoms with Crippen LogP contribution >= 0.6 is 36.3 Å². The van der Waals surface area contributed by atoms with E-state index in [1.54, 1.807) is 4.08 Å². The van der Waals surface area contributed by atoms with Crippen molar-refractivity contribution in [2.75, 3.05) is 0 Å². The van der Waals surface area contributed by atoms with E-state index in [1.807, 2.05) is 31.2 Å². The number of alkyl halides is 1. The number of hydrogen-bond acceptors (Lipinski definition) is 0. The van der Waals surface area contributed by atoms with E-state index in [-0.39, 0.29) is 0 Å². The Morgan fingerprint density at radius 2 is 1.76 bits per heavy atom. The topological polar surface area (TPSA) is 0 Å². The van der Waals surface area contributed by atoms with Crippen molar-refractivity contribution in [3.63, 3.8) is 0 Å².